The molecular formula is C9H14O3. The second-order valence-electron chi connectivity index (χ2n) is 3.63. The molecule has 0 N–H and O–H groups in total. The molecule has 0 aromatic carbocycles. The number of carbonyl (C=O) groups excluding carboxylic acids is 2. The van der Waals surface area contributed by atoms with Crippen LogP contribution >= 0.6 is 0 Å². The Morgan fingerprint density at radius 3 is 2.58 bits per heavy atom. The van der Waals surface area contributed by atoms with Gasteiger partial charge in [-0.1, -0.05) is 6.92 Å². The van der Waals surface area contributed by atoms with Crippen LogP contribution in [0.3, 0.4) is 0 Å². The highest BCUT2D eigenvalue weighted by molar-refractivity contribution is 6.05. The Balaban J connectivity index is 2.86. The minimum absolute atomic E-state index is 0.00843. The SMILES string of the molecule is COC(=O)[C@]1(C)CC[C@H](C)C1=O. The number of ketones is 1. The van der Waals surface area contributed by atoms with E-state index in [0.29, 0.717) is 6.42 Å². The number of hydrogen-bond acceptors (Lipinski definition) is 3. The van der Waals surface area contributed by atoms with Crippen LogP contribution in [-0.4, -0.2) is 18.9 Å². The molecular weight excluding hydrogens is 156 g/mol. The number of methoxy groups -OCH3 is 1. The molecule has 0 aromatic heterocycles. The van der Waals surface area contributed by atoms with Gasteiger partial charge in [-0.15, -0.1) is 0 Å². The van der Waals surface area contributed by atoms with Crippen molar-refractivity contribution in [2.45, 2.75) is 26.7 Å². The number of hydrogen-bond donors (Lipinski definition) is 0. The molecule has 3 heteroatoms. The van der Waals surface area contributed by atoms with Gasteiger partial charge < -0.3 is 4.74 Å². The molecule has 1 aliphatic rings. The van der Waals surface area contributed by atoms with Gasteiger partial charge in [-0.25, -0.2) is 0 Å². The smallest absolute Gasteiger partial charge is 0.319 e. The van der Waals surface area contributed by atoms with Crippen LogP contribution in [0.25, 0.3) is 0 Å². The van der Waals surface area contributed by atoms with Crippen LogP contribution in [0.5, 0.6) is 0 Å². The van der Waals surface area contributed by atoms with E-state index in [-0.39, 0.29) is 11.7 Å². The minimum atomic E-state index is -0.867. The molecule has 0 heterocycles. The van der Waals surface area contributed by atoms with Gasteiger partial charge in [-0.2, -0.15) is 0 Å². The van der Waals surface area contributed by atoms with E-state index in [1.54, 1.807) is 6.92 Å². The summed E-state index contributed by atoms with van der Waals surface area (Å²) < 4.78 is 4.60. The van der Waals surface area contributed by atoms with Crippen LogP contribution in [0.15, 0.2) is 0 Å². The second kappa shape index (κ2) is 2.88. The quantitative estimate of drug-likeness (QED) is 0.438. The highest BCUT2D eigenvalue weighted by Gasteiger charge is 2.48. The largest absolute Gasteiger partial charge is 0.468 e. The molecule has 1 rings (SSSR count). The molecule has 0 aliphatic heterocycles. The third-order valence-corrected chi connectivity index (χ3v) is 2.70. The maximum Gasteiger partial charge on any atom is 0.319 e. The Hall–Kier alpha value is -0.860. The van der Waals surface area contributed by atoms with E-state index in [1.807, 2.05) is 6.92 Å². The van der Waals surface area contributed by atoms with E-state index in [9.17, 15) is 9.59 Å². The number of carbonyl (C=O) groups is 2. The summed E-state index contributed by atoms with van der Waals surface area (Å²) in [6.07, 6.45) is 1.42. The molecule has 2 atom stereocenters. The summed E-state index contributed by atoms with van der Waals surface area (Å²) in [5.41, 5.74) is -0.867. The lowest BCUT2D eigenvalue weighted by Gasteiger charge is -2.18. The zero-order valence-electron chi connectivity index (χ0n) is 7.72. The highest BCUT2D eigenvalue weighted by Crippen LogP contribution is 2.38. The lowest BCUT2D eigenvalue weighted by Crippen LogP contribution is -2.34. The van der Waals surface area contributed by atoms with Crippen molar-refractivity contribution in [1.29, 1.82) is 0 Å². The van der Waals surface area contributed by atoms with Gasteiger partial charge in [0.25, 0.3) is 0 Å². The first kappa shape index (κ1) is 9.23. The summed E-state index contributed by atoms with van der Waals surface area (Å²) in [6.45, 7) is 3.53. The van der Waals surface area contributed by atoms with E-state index >= 15 is 0 Å². The molecule has 1 fully saturated rings. The highest BCUT2D eigenvalue weighted by atomic mass is 16.5. The second-order valence-corrected chi connectivity index (χ2v) is 3.63. The average Bonchev–Trinajstić information content (AvgIpc) is 2.33. The van der Waals surface area contributed by atoms with Crippen LogP contribution in [0, 0.1) is 11.3 Å². The Morgan fingerprint density at radius 1 is 1.67 bits per heavy atom. The van der Waals surface area contributed by atoms with Crippen LogP contribution < -0.4 is 0 Å². The minimum Gasteiger partial charge on any atom is -0.468 e. The van der Waals surface area contributed by atoms with Crippen LogP contribution in [0.4, 0.5) is 0 Å². The van der Waals surface area contributed by atoms with Gasteiger partial charge in [0.1, 0.15) is 5.41 Å². The lowest BCUT2D eigenvalue weighted by molar-refractivity contribution is -0.155. The predicted molar refractivity (Wildman–Crippen MR) is 43.5 cm³/mol. The van der Waals surface area contributed by atoms with Crippen molar-refractivity contribution in [2.75, 3.05) is 7.11 Å². The summed E-state index contributed by atoms with van der Waals surface area (Å²) in [5, 5.41) is 0. The number of esters is 1. The Kier molecular flexibility index (Phi) is 2.22. The van der Waals surface area contributed by atoms with E-state index in [1.165, 1.54) is 7.11 Å². The third-order valence-electron chi connectivity index (χ3n) is 2.70. The normalized spacial score (nSPS) is 35.2. The average molecular weight is 170 g/mol. The Bertz CT molecular complexity index is 222. The molecule has 68 valence electrons. The molecule has 0 unspecified atom stereocenters. The molecule has 0 bridgehead atoms. The fraction of sp³-hybridized carbons (Fsp3) is 0.778. The number of rotatable bonds is 1. The van der Waals surface area contributed by atoms with Gasteiger partial charge in [0.15, 0.2) is 5.78 Å². The van der Waals surface area contributed by atoms with E-state index in [4.69, 9.17) is 0 Å². The first-order valence-corrected chi connectivity index (χ1v) is 4.15. The maximum atomic E-state index is 11.5. The maximum absolute atomic E-state index is 11.5. The summed E-state index contributed by atoms with van der Waals surface area (Å²) >= 11 is 0. The Morgan fingerprint density at radius 2 is 2.25 bits per heavy atom. The van der Waals surface area contributed by atoms with E-state index in [2.05, 4.69) is 4.74 Å². The first-order valence-electron chi connectivity index (χ1n) is 4.15. The molecule has 0 aromatic rings. The van der Waals surface area contributed by atoms with Crippen molar-refractivity contribution in [3.05, 3.63) is 0 Å². The van der Waals surface area contributed by atoms with Gasteiger partial charge in [0, 0.05) is 5.92 Å². The standard InChI is InChI=1S/C9H14O3/c1-6-4-5-9(2,7(6)10)8(11)12-3/h6H,4-5H2,1-3H3/t6-,9+/m0/s1. The summed E-state index contributed by atoms with van der Waals surface area (Å²) in [6, 6.07) is 0. The number of Topliss-reactive ketones (excluding diaryl/α,β-unsaturated/α-hetero) is 1. The zero-order valence-corrected chi connectivity index (χ0v) is 7.72. The van der Waals surface area contributed by atoms with Crippen molar-refractivity contribution >= 4 is 11.8 Å². The van der Waals surface area contributed by atoms with Gasteiger partial charge >= 0.3 is 5.97 Å². The third kappa shape index (κ3) is 1.13. The molecule has 1 saturated carbocycles. The Labute approximate surface area is 72.1 Å². The molecule has 0 amide bonds. The summed E-state index contributed by atoms with van der Waals surface area (Å²) in [4.78, 5) is 22.8. The van der Waals surface area contributed by atoms with Crippen molar-refractivity contribution in [3.8, 4) is 0 Å². The van der Waals surface area contributed by atoms with Crippen molar-refractivity contribution in [3.63, 3.8) is 0 Å². The van der Waals surface area contributed by atoms with Gasteiger partial charge in [0.2, 0.25) is 0 Å². The first-order chi connectivity index (χ1) is 5.52. The van der Waals surface area contributed by atoms with Crippen LogP contribution in [0.2, 0.25) is 0 Å². The van der Waals surface area contributed by atoms with Crippen molar-refractivity contribution in [1.82, 2.24) is 0 Å². The summed E-state index contributed by atoms with van der Waals surface area (Å²) in [7, 11) is 1.32. The van der Waals surface area contributed by atoms with Crippen LogP contribution in [-0.2, 0) is 14.3 Å². The van der Waals surface area contributed by atoms with Crippen LogP contribution in [0.1, 0.15) is 26.7 Å². The molecule has 1 aliphatic carbocycles. The monoisotopic (exact) mass is 170 g/mol. The lowest BCUT2D eigenvalue weighted by atomic mass is 9.87. The van der Waals surface area contributed by atoms with E-state index in [0.717, 1.165) is 6.42 Å². The fourth-order valence-corrected chi connectivity index (χ4v) is 1.73. The molecule has 0 saturated heterocycles. The summed E-state index contributed by atoms with van der Waals surface area (Å²) in [5.74, 6) is -0.361. The predicted octanol–water partition coefficient (Wildman–Crippen LogP) is 1.16. The topological polar surface area (TPSA) is 43.4 Å². The molecule has 3 nitrogen and oxygen atoms in total. The fourth-order valence-electron chi connectivity index (χ4n) is 1.73. The van der Waals surface area contributed by atoms with E-state index < -0.39 is 11.4 Å². The van der Waals surface area contributed by atoms with Gasteiger partial charge in [0.05, 0.1) is 7.11 Å². The number of ether oxygens (including phenoxy) is 1. The van der Waals surface area contributed by atoms with Crippen molar-refractivity contribution in [2.24, 2.45) is 11.3 Å². The van der Waals surface area contributed by atoms with Gasteiger partial charge in [-0.05, 0) is 19.8 Å². The molecule has 12 heavy (non-hydrogen) atoms. The van der Waals surface area contributed by atoms with Crippen molar-refractivity contribution < 1.29 is 14.3 Å². The van der Waals surface area contributed by atoms with Gasteiger partial charge in [-0.3, -0.25) is 9.59 Å². The molecule has 0 radical (unpaired) electrons. The molecule has 0 spiro atoms. The zero-order chi connectivity index (χ0) is 9.35.